The van der Waals surface area contributed by atoms with E-state index in [1.54, 1.807) is 11.3 Å². The normalized spacial score (nSPS) is 12.2. The minimum atomic E-state index is 0.486. The quantitative estimate of drug-likeness (QED) is 0.568. The van der Waals surface area contributed by atoms with Crippen LogP contribution < -0.4 is 10.6 Å². The van der Waals surface area contributed by atoms with Crippen molar-refractivity contribution in [3.8, 4) is 0 Å². The lowest BCUT2D eigenvalue weighted by molar-refractivity contribution is 0.481. The van der Waals surface area contributed by atoms with Gasteiger partial charge in [-0.25, -0.2) is 9.98 Å². The summed E-state index contributed by atoms with van der Waals surface area (Å²) in [6.07, 6.45) is 2.40. The molecule has 0 radical (unpaired) electrons. The molecule has 5 heteroatoms. The van der Waals surface area contributed by atoms with E-state index in [-0.39, 0.29) is 0 Å². The van der Waals surface area contributed by atoms with Gasteiger partial charge in [0, 0.05) is 18.5 Å². The number of thiazole rings is 1. The fourth-order valence-electron chi connectivity index (χ4n) is 1.97. The molecule has 0 fully saturated rings. The van der Waals surface area contributed by atoms with Gasteiger partial charge in [-0.3, -0.25) is 0 Å². The Labute approximate surface area is 133 Å². The summed E-state index contributed by atoms with van der Waals surface area (Å²) in [5.41, 5.74) is 1.17. The monoisotopic (exact) mass is 310 g/mol. The number of aliphatic imine (C=N–C) groups is 1. The molecule has 1 aromatic rings. The molecule has 1 rings (SSSR count). The van der Waals surface area contributed by atoms with Crippen LogP contribution >= 0.6 is 11.3 Å². The van der Waals surface area contributed by atoms with Crippen molar-refractivity contribution in [1.29, 1.82) is 0 Å². The fraction of sp³-hybridized carbons (Fsp3) is 0.750. The Morgan fingerprint density at radius 3 is 2.48 bits per heavy atom. The maximum atomic E-state index is 4.64. The molecule has 4 nitrogen and oxygen atoms in total. The summed E-state index contributed by atoms with van der Waals surface area (Å²) in [5, 5.41) is 9.96. The lowest BCUT2D eigenvalue weighted by Gasteiger charge is -2.16. The van der Waals surface area contributed by atoms with Gasteiger partial charge in [-0.2, -0.15) is 0 Å². The molecule has 0 spiro atoms. The Hall–Kier alpha value is -1.10. The maximum Gasteiger partial charge on any atom is 0.191 e. The molecule has 0 atom stereocenters. The van der Waals surface area contributed by atoms with Crippen LogP contribution in [0.2, 0.25) is 0 Å². The first-order valence-electron chi connectivity index (χ1n) is 8.07. The average molecular weight is 311 g/mol. The van der Waals surface area contributed by atoms with Gasteiger partial charge in [-0.1, -0.05) is 40.5 Å². The van der Waals surface area contributed by atoms with Crippen LogP contribution in [0.25, 0.3) is 0 Å². The molecular weight excluding hydrogens is 280 g/mol. The van der Waals surface area contributed by atoms with Gasteiger partial charge in [-0.05, 0) is 18.8 Å². The number of nitrogens with zero attached hydrogens (tertiary/aromatic N) is 2. The van der Waals surface area contributed by atoms with Gasteiger partial charge in [-0.15, -0.1) is 11.3 Å². The van der Waals surface area contributed by atoms with Crippen molar-refractivity contribution in [2.24, 2.45) is 10.9 Å². The van der Waals surface area contributed by atoms with Crippen LogP contribution in [0.15, 0.2) is 10.4 Å². The predicted octanol–water partition coefficient (Wildman–Crippen LogP) is 3.76. The van der Waals surface area contributed by atoms with E-state index in [0.29, 0.717) is 18.4 Å². The number of hydrogen-bond acceptors (Lipinski definition) is 3. The van der Waals surface area contributed by atoms with Gasteiger partial charge in [0.2, 0.25) is 0 Å². The number of guanidine groups is 1. The molecule has 0 saturated heterocycles. The molecule has 0 aliphatic carbocycles. The maximum absolute atomic E-state index is 4.64. The Balaban J connectivity index is 2.57. The second-order valence-corrected chi connectivity index (χ2v) is 6.52. The van der Waals surface area contributed by atoms with Gasteiger partial charge >= 0.3 is 0 Å². The highest BCUT2D eigenvalue weighted by atomic mass is 32.1. The summed E-state index contributed by atoms with van der Waals surface area (Å²) in [4.78, 5) is 9.26. The lowest BCUT2D eigenvalue weighted by Crippen LogP contribution is -2.39. The van der Waals surface area contributed by atoms with E-state index in [2.05, 4.69) is 60.6 Å². The first-order chi connectivity index (χ1) is 10.1. The summed E-state index contributed by atoms with van der Waals surface area (Å²) in [6, 6.07) is 0. The minimum absolute atomic E-state index is 0.486. The van der Waals surface area contributed by atoms with Gasteiger partial charge in [0.25, 0.3) is 0 Å². The first kappa shape index (κ1) is 18.0. The fourth-order valence-corrected chi connectivity index (χ4v) is 2.85. The standard InChI is InChI=1S/C16H30N4S/c1-6-13(7-2)9-18-16(17-8-3)19-10-15-20-14(11-21-15)12(4)5/h11-13H,6-10H2,1-5H3,(H2,17,18,19). The van der Waals surface area contributed by atoms with Crippen LogP contribution in [0.3, 0.4) is 0 Å². The van der Waals surface area contributed by atoms with E-state index in [1.165, 1.54) is 18.5 Å². The topological polar surface area (TPSA) is 49.3 Å². The van der Waals surface area contributed by atoms with Gasteiger partial charge in [0.15, 0.2) is 5.96 Å². The summed E-state index contributed by atoms with van der Waals surface area (Å²) in [7, 11) is 0. The molecule has 0 bridgehead atoms. The van der Waals surface area contributed by atoms with Crippen molar-refractivity contribution in [2.45, 2.75) is 59.9 Å². The van der Waals surface area contributed by atoms with Crippen molar-refractivity contribution in [3.05, 3.63) is 16.1 Å². The lowest BCUT2D eigenvalue weighted by atomic mass is 10.0. The molecule has 2 N–H and O–H groups in total. The van der Waals surface area contributed by atoms with Crippen LogP contribution in [0.4, 0.5) is 0 Å². The Kier molecular flexibility index (Phi) is 8.35. The zero-order chi connectivity index (χ0) is 15.7. The molecule has 0 saturated carbocycles. The largest absolute Gasteiger partial charge is 0.357 e. The van der Waals surface area contributed by atoms with Crippen LogP contribution in [-0.4, -0.2) is 24.0 Å². The molecule has 21 heavy (non-hydrogen) atoms. The van der Waals surface area contributed by atoms with E-state index < -0.39 is 0 Å². The third-order valence-corrected chi connectivity index (χ3v) is 4.44. The second-order valence-electron chi connectivity index (χ2n) is 5.58. The minimum Gasteiger partial charge on any atom is -0.357 e. The third kappa shape index (κ3) is 6.46. The zero-order valence-corrected chi connectivity index (χ0v) is 14.9. The van der Waals surface area contributed by atoms with Crippen molar-refractivity contribution in [3.63, 3.8) is 0 Å². The molecule has 0 amide bonds. The summed E-state index contributed by atoms with van der Waals surface area (Å²) >= 11 is 1.70. The molecule has 0 aliphatic rings. The van der Waals surface area contributed by atoms with E-state index in [4.69, 9.17) is 0 Å². The summed E-state index contributed by atoms with van der Waals surface area (Å²) in [6.45, 7) is 13.4. The average Bonchev–Trinajstić information content (AvgIpc) is 2.94. The van der Waals surface area contributed by atoms with Gasteiger partial charge in [0.05, 0.1) is 12.2 Å². The van der Waals surface area contributed by atoms with Crippen molar-refractivity contribution < 1.29 is 0 Å². The van der Waals surface area contributed by atoms with Crippen LogP contribution in [-0.2, 0) is 6.54 Å². The SMILES string of the molecule is CCNC(=NCc1nc(C(C)C)cs1)NCC(CC)CC. The molecule has 1 heterocycles. The van der Waals surface area contributed by atoms with E-state index in [9.17, 15) is 0 Å². The van der Waals surface area contributed by atoms with Crippen molar-refractivity contribution in [2.75, 3.05) is 13.1 Å². The number of rotatable bonds is 8. The Morgan fingerprint density at radius 2 is 1.95 bits per heavy atom. The summed E-state index contributed by atoms with van der Waals surface area (Å²) < 4.78 is 0. The highest BCUT2D eigenvalue weighted by Gasteiger charge is 2.07. The third-order valence-electron chi connectivity index (χ3n) is 3.59. The second kappa shape index (κ2) is 9.77. The van der Waals surface area contributed by atoms with Gasteiger partial charge in [0.1, 0.15) is 5.01 Å². The Morgan fingerprint density at radius 1 is 1.24 bits per heavy atom. The predicted molar refractivity (Wildman–Crippen MR) is 93.1 cm³/mol. The van der Waals surface area contributed by atoms with Crippen molar-refractivity contribution >= 4 is 17.3 Å². The molecular formula is C16H30N4S. The van der Waals surface area contributed by atoms with Crippen molar-refractivity contribution in [1.82, 2.24) is 15.6 Å². The number of aromatic nitrogens is 1. The highest BCUT2D eigenvalue weighted by Crippen LogP contribution is 2.18. The van der Waals surface area contributed by atoms with Gasteiger partial charge < -0.3 is 10.6 Å². The molecule has 0 unspecified atom stereocenters. The number of hydrogen-bond donors (Lipinski definition) is 2. The summed E-state index contributed by atoms with van der Waals surface area (Å²) in [5.74, 6) is 2.09. The smallest absolute Gasteiger partial charge is 0.191 e. The van der Waals surface area contributed by atoms with Crippen LogP contribution in [0.5, 0.6) is 0 Å². The molecule has 120 valence electrons. The highest BCUT2D eigenvalue weighted by molar-refractivity contribution is 7.09. The van der Waals surface area contributed by atoms with Crippen LogP contribution in [0.1, 0.15) is 64.1 Å². The van der Waals surface area contributed by atoms with E-state index in [0.717, 1.165) is 24.1 Å². The Bertz CT molecular complexity index is 422. The molecule has 0 aromatic carbocycles. The molecule has 0 aliphatic heterocycles. The molecule has 1 aromatic heterocycles. The van der Waals surface area contributed by atoms with E-state index in [1.807, 2.05) is 0 Å². The van der Waals surface area contributed by atoms with Crippen LogP contribution in [0, 0.1) is 5.92 Å². The zero-order valence-electron chi connectivity index (χ0n) is 14.1. The number of nitrogens with one attached hydrogen (secondary N) is 2. The first-order valence-corrected chi connectivity index (χ1v) is 8.95. The van der Waals surface area contributed by atoms with E-state index >= 15 is 0 Å².